The molecular weight excluding hydrogens is 352 g/mol. The summed E-state index contributed by atoms with van der Waals surface area (Å²) in [5.74, 6) is 0.555. The predicted molar refractivity (Wildman–Crippen MR) is 106 cm³/mol. The summed E-state index contributed by atoms with van der Waals surface area (Å²) in [6.45, 7) is 5.94. The maximum Gasteiger partial charge on any atom is 0.255 e. The van der Waals surface area contributed by atoms with Crippen molar-refractivity contribution in [3.63, 3.8) is 0 Å². The number of para-hydroxylation sites is 1. The Labute approximate surface area is 164 Å². The van der Waals surface area contributed by atoms with Crippen molar-refractivity contribution in [2.75, 3.05) is 5.32 Å². The lowest BCUT2D eigenvalue weighted by Gasteiger charge is -2.56. The van der Waals surface area contributed by atoms with Gasteiger partial charge in [0.05, 0.1) is 11.3 Å². The number of carbonyl (C=O) groups excluding carboxylic acids is 2. The van der Waals surface area contributed by atoms with Crippen LogP contribution in [0.5, 0.6) is 0 Å². The molecular formula is C22H26N4O2. The highest BCUT2D eigenvalue weighted by Crippen LogP contribution is 2.52. The number of carbonyl (C=O) groups is 2. The molecule has 146 valence electrons. The zero-order chi connectivity index (χ0) is 19.6. The molecule has 0 radical (unpaired) electrons. The maximum atomic E-state index is 13.3. The van der Waals surface area contributed by atoms with E-state index in [0.717, 1.165) is 48.3 Å². The average Bonchev–Trinajstić information content (AvgIpc) is 2.95. The first-order valence-electron chi connectivity index (χ1n) is 10.2. The number of amides is 1. The topological polar surface area (TPSA) is 76.0 Å². The Bertz CT molecular complexity index is 994. The molecule has 1 amide bonds. The van der Waals surface area contributed by atoms with Crippen LogP contribution in [0.3, 0.4) is 0 Å². The monoisotopic (exact) mass is 378 g/mol. The lowest BCUT2D eigenvalue weighted by molar-refractivity contribution is 0.00907. The molecule has 2 bridgehead atoms. The fraction of sp³-hybridized carbons (Fsp3) is 0.500. The number of hydrogen-bond donors (Lipinski definition) is 2. The summed E-state index contributed by atoms with van der Waals surface area (Å²) in [6, 6.07) is 7.66. The molecule has 2 N–H and O–H groups in total. The molecule has 6 nitrogen and oxygen atoms in total. The quantitative estimate of drug-likeness (QED) is 0.797. The average molecular weight is 378 g/mol. The van der Waals surface area contributed by atoms with Crippen LogP contribution in [0.4, 0.5) is 5.69 Å². The number of rotatable bonds is 1. The molecule has 6 rings (SSSR count). The van der Waals surface area contributed by atoms with Crippen molar-refractivity contribution in [3.8, 4) is 0 Å². The van der Waals surface area contributed by atoms with Crippen molar-refractivity contribution < 1.29 is 9.59 Å². The number of aromatic nitrogens is 2. The highest BCUT2D eigenvalue weighted by molar-refractivity contribution is 6.02. The molecule has 28 heavy (non-hydrogen) atoms. The van der Waals surface area contributed by atoms with Gasteiger partial charge < -0.3 is 10.6 Å². The van der Waals surface area contributed by atoms with Gasteiger partial charge in [0.1, 0.15) is 5.66 Å². The molecule has 2 heterocycles. The van der Waals surface area contributed by atoms with Crippen molar-refractivity contribution in [2.24, 2.45) is 17.8 Å². The molecule has 0 unspecified atom stereocenters. The summed E-state index contributed by atoms with van der Waals surface area (Å²) in [4.78, 5) is 26.0. The Kier molecular flexibility index (Phi) is 3.70. The van der Waals surface area contributed by atoms with Crippen LogP contribution >= 0.6 is 0 Å². The summed E-state index contributed by atoms with van der Waals surface area (Å²) in [5, 5.41) is 11.4. The van der Waals surface area contributed by atoms with Crippen LogP contribution in [0.2, 0.25) is 0 Å². The smallest absolute Gasteiger partial charge is 0.255 e. The summed E-state index contributed by atoms with van der Waals surface area (Å²) < 4.78 is 1.62. The van der Waals surface area contributed by atoms with Crippen molar-refractivity contribution in [3.05, 3.63) is 46.8 Å². The molecule has 3 fully saturated rings. The molecule has 1 aromatic heterocycles. The first-order valence-corrected chi connectivity index (χ1v) is 10.2. The van der Waals surface area contributed by atoms with Crippen LogP contribution in [0, 0.1) is 38.5 Å². The van der Waals surface area contributed by atoms with E-state index in [4.69, 9.17) is 0 Å². The van der Waals surface area contributed by atoms with E-state index >= 15 is 0 Å². The summed E-state index contributed by atoms with van der Waals surface area (Å²) >= 11 is 0. The van der Waals surface area contributed by atoms with E-state index in [0.29, 0.717) is 5.56 Å². The van der Waals surface area contributed by atoms with Gasteiger partial charge >= 0.3 is 0 Å². The standard InChI is InChI=1S/C22H26N4O2/c1-12-13(2)25-26(14(12)3)21(28)18-10-16-9-8-15(18)11-22(16)23-19-7-5-4-6-17(19)20(27)24-22/h4-7,15-16,18,23H,8-11H2,1-3H3,(H,24,27)/t15-,16+,18+,22+/m1/s1. The molecule has 4 atom stereocenters. The minimum absolute atomic E-state index is 0.0149. The summed E-state index contributed by atoms with van der Waals surface area (Å²) in [7, 11) is 0. The van der Waals surface area contributed by atoms with E-state index in [1.165, 1.54) is 0 Å². The van der Waals surface area contributed by atoms with Crippen LogP contribution in [-0.2, 0) is 0 Å². The van der Waals surface area contributed by atoms with Crippen molar-refractivity contribution in [2.45, 2.75) is 52.1 Å². The fourth-order valence-electron chi connectivity index (χ4n) is 5.54. The molecule has 0 saturated heterocycles. The van der Waals surface area contributed by atoms with Crippen molar-refractivity contribution >= 4 is 17.5 Å². The second-order valence-electron chi connectivity index (χ2n) is 8.72. The predicted octanol–water partition coefficient (Wildman–Crippen LogP) is 3.44. The number of nitrogens with one attached hydrogen (secondary N) is 2. The van der Waals surface area contributed by atoms with E-state index in [1.54, 1.807) is 4.68 Å². The van der Waals surface area contributed by atoms with E-state index < -0.39 is 5.66 Å². The minimum atomic E-state index is -0.434. The number of nitrogens with zero attached hydrogens (tertiary/aromatic N) is 2. The van der Waals surface area contributed by atoms with Crippen LogP contribution in [-0.4, -0.2) is 27.3 Å². The number of hydrogen-bond acceptors (Lipinski definition) is 4. The summed E-state index contributed by atoms with van der Waals surface area (Å²) in [5.41, 5.74) is 4.11. The third-order valence-corrected chi connectivity index (χ3v) is 7.32. The third-order valence-electron chi connectivity index (χ3n) is 7.32. The zero-order valence-corrected chi connectivity index (χ0v) is 16.6. The van der Waals surface area contributed by atoms with Gasteiger partial charge in [-0.3, -0.25) is 9.59 Å². The normalized spacial score (nSPS) is 30.7. The maximum absolute atomic E-state index is 13.3. The van der Waals surface area contributed by atoms with E-state index in [2.05, 4.69) is 15.7 Å². The van der Waals surface area contributed by atoms with Gasteiger partial charge in [0, 0.05) is 23.2 Å². The third kappa shape index (κ3) is 2.36. The highest BCUT2D eigenvalue weighted by atomic mass is 16.2. The number of fused-ring (bicyclic) bond motifs is 3. The molecule has 1 aliphatic heterocycles. The van der Waals surface area contributed by atoms with Gasteiger partial charge in [0.15, 0.2) is 0 Å². The molecule has 6 heteroatoms. The summed E-state index contributed by atoms with van der Waals surface area (Å²) in [6.07, 6.45) is 3.63. The fourth-order valence-corrected chi connectivity index (χ4v) is 5.54. The van der Waals surface area contributed by atoms with Gasteiger partial charge in [-0.1, -0.05) is 12.1 Å². The van der Waals surface area contributed by atoms with Gasteiger partial charge in [-0.05, 0) is 70.1 Å². The van der Waals surface area contributed by atoms with Gasteiger partial charge in [-0.25, -0.2) is 4.68 Å². The van der Waals surface area contributed by atoms with E-state index in [1.807, 2.05) is 45.0 Å². The van der Waals surface area contributed by atoms with Gasteiger partial charge in [-0.15, -0.1) is 0 Å². The minimum Gasteiger partial charge on any atom is -0.362 e. The molecule has 2 aromatic rings. The Hall–Kier alpha value is -2.63. The lowest BCUT2D eigenvalue weighted by Crippen LogP contribution is -2.67. The largest absolute Gasteiger partial charge is 0.362 e. The molecule has 1 aromatic carbocycles. The van der Waals surface area contributed by atoms with E-state index in [9.17, 15) is 9.59 Å². The lowest BCUT2D eigenvalue weighted by atomic mass is 9.58. The van der Waals surface area contributed by atoms with Crippen molar-refractivity contribution in [1.29, 1.82) is 0 Å². The van der Waals surface area contributed by atoms with Crippen molar-refractivity contribution in [1.82, 2.24) is 15.1 Å². The van der Waals surface area contributed by atoms with Gasteiger partial charge in [0.25, 0.3) is 5.91 Å². The molecule has 4 aliphatic rings. The molecule has 3 aliphatic carbocycles. The van der Waals surface area contributed by atoms with Gasteiger partial charge in [-0.2, -0.15) is 5.10 Å². The Morgan fingerprint density at radius 2 is 1.96 bits per heavy atom. The molecule has 3 saturated carbocycles. The molecule has 1 spiro atoms. The highest BCUT2D eigenvalue weighted by Gasteiger charge is 2.55. The Morgan fingerprint density at radius 1 is 1.18 bits per heavy atom. The zero-order valence-electron chi connectivity index (χ0n) is 16.6. The SMILES string of the molecule is Cc1nn(C(=O)[C@H]2C[C@@H]3CC[C@@H]2C[C@]32NC(=O)c3ccccc3N2)c(C)c1C. The Morgan fingerprint density at radius 3 is 2.64 bits per heavy atom. The number of aryl methyl sites for hydroxylation is 1. The van der Waals surface area contributed by atoms with Crippen LogP contribution in [0.1, 0.15) is 57.8 Å². The van der Waals surface area contributed by atoms with Crippen LogP contribution in [0.25, 0.3) is 0 Å². The number of benzene rings is 1. The van der Waals surface area contributed by atoms with Crippen LogP contribution < -0.4 is 10.6 Å². The first kappa shape index (κ1) is 17.5. The second kappa shape index (κ2) is 5.93. The number of anilines is 1. The van der Waals surface area contributed by atoms with E-state index in [-0.39, 0.29) is 29.6 Å². The Balaban J connectivity index is 1.44. The van der Waals surface area contributed by atoms with Crippen LogP contribution in [0.15, 0.2) is 24.3 Å². The second-order valence-corrected chi connectivity index (χ2v) is 8.72. The first-order chi connectivity index (χ1) is 13.4. The van der Waals surface area contributed by atoms with Gasteiger partial charge in [0.2, 0.25) is 5.91 Å².